The van der Waals surface area contributed by atoms with E-state index in [1.54, 1.807) is 6.92 Å². The van der Waals surface area contributed by atoms with Crippen molar-refractivity contribution in [3.05, 3.63) is 23.8 Å². The maximum Gasteiger partial charge on any atom is 0.161 e. The van der Waals surface area contributed by atoms with Gasteiger partial charge in [-0.3, -0.25) is 4.79 Å². The number of carbonyl (C=O) groups excluding carboxylic acids is 1. The van der Waals surface area contributed by atoms with E-state index in [-0.39, 0.29) is 11.7 Å². The molecule has 1 unspecified atom stereocenters. The van der Waals surface area contributed by atoms with Crippen LogP contribution >= 0.6 is 0 Å². The predicted octanol–water partition coefficient (Wildman–Crippen LogP) is 3.57. The first-order valence-electron chi connectivity index (χ1n) is 6.53. The molecule has 0 spiro atoms. The van der Waals surface area contributed by atoms with Crippen molar-refractivity contribution in [2.24, 2.45) is 0 Å². The number of Topliss-reactive ketones (excluding diaryl/α,β-unsaturated/α-hetero) is 1. The Morgan fingerprint density at radius 1 is 1.11 bits per heavy atom. The molecule has 3 nitrogen and oxygen atoms in total. The van der Waals surface area contributed by atoms with Gasteiger partial charge in [-0.25, -0.2) is 0 Å². The smallest absolute Gasteiger partial charge is 0.161 e. The lowest BCUT2D eigenvalue weighted by Gasteiger charge is -2.16. The maximum atomic E-state index is 11.6. The van der Waals surface area contributed by atoms with Gasteiger partial charge < -0.3 is 9.47 Å². The molecule has 1 aromatic rings. The van der Waals surface area contributed by atoms with Crippen molar-refractivity contribution in [3.63, 3.8) is 0 Å². The van der Waals surface area contributed by atoms with Crippen LogP contribution in [-0.2, 0) is 4.79 Å². The first-order valence-corrected chi connectivity index (χ1v) is 6.53. The lowest BCUT2D eigenvalue weighted by Crippen LogP contribution is -2.08. The van der Waals surface area contributed by atoms with Crippen molar-refractivity contribution in [1.82, 2.24) is 0 Å². The summed E-state index contributed by atoms with van der Waals surface area (Å²) >= 11 is 0. The highest BCUT2D eigenvalue weighted by Crippen LogP contribution is 2.32. The lowest BCUT2D eigenvalue weighted by molar-refractivity contribution is -0.118. The minimum Gasteiger partial charge on any atom is -0.490 e. The minimum absolute atomic E-state index is 0.0557. The Labute approximate surface area is 109 Å². The van der Waals surface area contributed by atoms with Crippen LogP contribution in [0.15, 0.2) is 18.2 Å². The van der Waals surface area contributed by atoms with E-state index < -0.39 is 0 Å². The maximum absolute atomic E-state index is 11.6. The summed E-state index contributed by atoms with van der Waals surface area (Å²) in [6.07, 6.45) is 0.800. The minimum atomic E-state index is -0.0557. The van der Waals surface area contributed by atoms with E-state index >= 15 is 0 Å². The average molecular weight is 250 g/mol. The third kappa shape index (κ3) is 3.49. The summed E-state index contributed by atoms with van der Waals surface area (Å²) in [4.78, 5) is 11.6. The molecule has 18 heavy (non-hydrogen) atoms. The summed E-state index contributed by atoms with van der Waals surface area (Å²) in [5.41, 5.74) is 0.997. The van der Waals surface area contributed by atoms with Gasteiger partial charge in [-0.1, -0.05) is 13.0 Å². The zero-order valence-corrected chi connectivity index (χ0v) is 11.7. The van der Waals surface area contributed by atoms with Crippen molar-refractivity contribution in [2.75, 3.05) is 13.2 Å². The topological polar surface area (TPSA) is 35.5 Å². The first kappa shape index (κ1) is 14.6. The average Bonchev–Trinajstić information content (AvgIpc) is 2.33. The number of ketones is 1. The number of rotatable bonds is 7. The van der Waals surface area contributed by atoms with E-state index in [4.69, 9.17) is 9.47 Å². The van der Waals surface area contributed by atoms with Crippen molar-refractivity contribution in [3.8, 4) is 11.5 Å². The van der Waals surface area contributed by atoms with Gasteiger partial charge in [-0.2, -0.15) is 0 Å². The molecule has 0 N–H and O–H groups in total. The molecule has 0 amide bonds. The van der Waals surface area contributed by atoms with Gasteiger partial charge in [-0.05, 0) is 44.9 Å². The van der Waals surface area contributed by atoms with Gasteiger partial charge in [0.2, 0.25) is 0 Å². The van der Waals surface area contributed by atoms with E-state index in [2.05, 4.69) is 0 Å². The molecule has 0 fully saturated rings. The standard InChI is InChI=1S/C15H22O3/c1-5-13(11(4)16)12-8-9-14(17-6-2)15(10-12)18-7-3/h8-10,13H,5-7H2,1-4H3. The number of hydrogen-bond acceptors (Lipinski definition) is 3. The highest BCUT2D eigenvalue weighted by Gasteiger charge is 2.16. The van der Waals surface area contributed by atoms with Gasteiger partial charge in [0.05, 0.1) is 13.2 Å². The van der Waals surface area contributed by atoms with Crippen molar-refractivity contribution in [2.45, 2.75) is 40.0 Å². The van der Waals surface area contributed by atoms with Gasteiger partial charge >= 0.3 is 0 Å². The van der Waals surface area contributed by atoms with Crippen LogP contribution in [-0.4, -0.2) is 19.0 Å². The molecule has 0 radical (unpaired) electrons. The molecule has 0 heterocycles. The molecule has 0 aliphatic heterocycles. The molecule has 100 valence electrons. The third-order valence-electron chi connectivity index (χ3n) is 2.87. The first-order chi connectivity index (χ1) is 8.63. The molecule has 0 aliphatic carbocycles. The zero-order chi connectivity index (χ0) is 13.5. The number of hydrogen-bond donors (Lipinski definition) is 0. The molecule has 0 bridgehead atoms. The molecule has 1 aromatic carbocycles. The van der Waals surface area contributed by atoms with Gasteiger partial charge in [0.1, 0.15) is 5.78 Å². The van der Waals surface area contributed by atoms with Crippen LogP contribution in [0.2, 0.25) is 0 Å². The third-order valence-corrected chi connectivity index (χ3v) is 2.87. The van der Waals surface area contributed by atoms with Crippen LogP contribution < -0.4 is 9.47 Å². The fourth-order valence-corrected chi connectivity index (χ4v) is 2.04. The molecule has 3 heteroatoms. The second-order valence-electron chi connectivity index (χ2n) is 4.14. The molecule has 0 aliphatic rings. The second-order valence-corrected chi connectivity index (χ2v) is 4.14. The Kier molecular flexibility index (Phi) is 5.69. The van der Waals surface area contributed by atoms with Gasteiger partial charge in [0, 0.05) is 5.92 Å². The highest BCUT2D eigenvalue weighted by molar-refractivity contribution is 5.83. The second kappa shape index (κ2) is 7.04. The fraction of sp³-hybridized carbons (Fsp3) is 0.533. The largest absolute Gasteiger partial charge is 0.490 e. The van der Waals surface area contributed by atoms with Crippen LogP contribution in [0.3, 0.4) is 0 Å². The van der Waals surface area contributed by atoms with Crippen LogP contribution in [0.5, 0.6) is 11.5 Å². The number of ether oxygens (including phenoxy) is 2. The summed E-state index contributed by atoms with van der Waals surface area (Å²) < 4.78 is 11.1. The Morgan fingerprint density at radius 3 is 2.22 bits per heavy atom. The molecular weight excluding hydrogens is 228 g/mol. The number of benzene rings is 1. The lowest BCUT2D eigenvalue weighted by atomic mass is 9.93. The predicted molar refractivity (Wildman–Crippen MR) is 72.5 cm³/mol. The van der Waals surface area contributed by atoms with Crippen LogP contribution in [0, 0.1) is 0 Å². The molecule has 1 atom stereocenters. The van der Waals surface area contributed by atoms with E-state index in [1.165, 1.54) is 0 Å². The zero-order valence-electron chi connectivity index (χ0n) is 11.7. The van der Waals surface area contributed by atoms with Crippen molar-refractivity contribution >= 4 is 5.78 Å². The molecule has 0 aromatic heterocycles. The molecule has 0 saturated heterocycles. The van der Waals surface area contributed by atoms with Gasteiger partial charge in [-0.15, -0.1) is 0 Å². The van der Waals surface area contributed by atoms with E-state index in [9.17, 15) is 4.79 Å². The normalized spacial score (nSPS) is 12.0. The Hall–Kier alpha value is -1.51. The Morgan fingerprint density at radius 2 is 1.72 bits per heavy atom. The summed E-state index contributed by atoms with van der Waals surface area (Å²) in [6, 6.07) is 5.75. The summed E-state index contributed by atoms with van der Waals surface area (Å²) in [5, 5.41) is 0. The van der Waals surface area contributed by atoms with Crippen LogP contribution in [0.4, 0.5) is 0 Å². The fourth-order valence-electron chi connectivity index (χ4n) is 2.04. The summed E-state index contributed by atoms with van der Waals surface area (Å²) in [6.45, 7) is 8.70. The molecule has 1 rings (SSSR count). The molecular formula is C15H22O3. The SMILES string of the molecule is CCOc1ccc(C(CC)C(C)=O)cc1OCC. The Balaban J connectivity index is 3.08. The van der Waals surface area contributed by atoms with Crippen molar-refractivity contribution in [1.29, 1.82) is 0 Å². The summed E-state index contributed by atoms with van der Waals surface area (Å²) in [7, 11) is 0. The van der Waals surface area contributed by atoms with E-state index in [0.29, 0.717) is 13.2 Å². The number of carbonyl (C=O) groups is 1. The van der Waals surface area contributed by atoms with Crippen molar-refractivity contribution < 1.29 is 14.3 Å². The van der Waals surface area contributed by atoms with Crippen LogP contribution in [0.25, 0.3) is 0 Å². The van der Waals surface area contributed by atoms with Crippen LogP contribution in [0.1, 0.15) is 45.6 Å². The Bertz CT molecular complexity index is 399. The highest BCUT2D eigenvalue weighted by atomic mass is 16.5. The molecule has 0 saturated carbocycles. The monoisotopic (exact) mass is 250 g/mol. The quantitative estimate of drug-likeness (QED) is 0.742. The summed E-state index contributed by atoms with van der Waals surface area (Å²) in [5.74, 6) is 1.59. The van der Waals surface area contributed by atoms with E-state index in [1.807, 2.05) is 39.0 Å². The van der Waals surface area contributed by atoms with E-state index in [0.717, 1.165) is 23.5 Å². The van der Waals surface area contributed by atoms with Gasteiger partial charge in [0.25, 0.3) is 0 Å². The van der Waals surface area contributed by atoms with Gasteiger partial charge in [0.15, 0.2) is 11.5 Å².